The van der Waals surface area contributed by atoms with Gasteiger partial charge >= 0.3 is 0 Å². The number of thiazole rings is 1. The molecule has 3 nitrogen and oxygen atoms in total. The van der Waals surface area contributed by atoms with Crippen molar-refractivity contribution in [2.24, 2.45) is 0 Å². The van der Waals surface area contributed by atoms with Crippen molar-refractivity contribution in [1.29, 1.82) is 0 Å². The van der Waals surface area contributed by atoms with Crippen LogP contribution >= 0.6 is 22.9 Å². The van der Waals surface area contributed by atoms with Crippen molar-refractivity contribution >= 4 is 22.9 Å². The van der Waals surface area contributed by atoms with Gasteiger partial charge in [-0.15, -0.1) is 11.3 Å². The van der Waals surface area contributed by atoms with E-state index in [-0.39, 0.29) is 6.04 Å². The van der Waals surface area contributed by atoms with Gasteiger partial charge < -0.3 is 5.32 Å². The van der Waals surface area contributed by atoms with Crippen molar-refractivity contribution in [1.82, 2.24) is 15.3 Å². The molecule has 0 spiro atoms. The number of likely N-dealkylation sites (N-methyl/N-ethyl adjacent to an activating group) is 1. The van der Waals surface area contributed by atoms with Crippen LogP contribution in [0.3, 0.4) is 0 Å². The fraction of sp³-hybridized carbons (Fsp3) is 0.333. The van der Waals surface area contributed by atoms with Crippen LogP contribution in [0.5, 0.6) is 0 Å². The Hall–Kier alpha value is -0.970. The molecule has 0 aliphatic rings. The Morgan fingerprint density at radius 3 is 2.94 bits per heavy atom. The molecule has 2 heterocycles. The lowest BCUT2D eigenvalue weighted by atomic mass is 10.1. The SMILES string of the molecule is CCNC(Cc1nccs1)c1ncccc1Cl. The van der Waals surface area contributed by atoms with Crippen LogP contribution in [-0.4, -0.2) is 16.5 Å². The van der Waals surface area contributed by atoms with Crippen LogP contribution in [0.2, 0.25) is 5.02 Å². The maximum atomic E-state index is 6.18. The van der Waals surface area contributed by atoms with Gasteiger partial charge in [-0.2, -0.15) is 0 Å². The molecule has 0 saturated heterocycles. The highest BCUT2D eigenvalue weighted by atomic mass is 35.5. The van der Waals surface area contributed by atoms with E-state index in [1.807, 2.05) is 23.7 Å². The average molecular weight is 268 g/mol. The molecule has 0 aromatic carbocycles. The van der Waals surface area contributed by atoms with Crippen molar-refractivity contribution in [2.75, 3.05) is 6.54 Å². The molecule has 0 fully saturated rings. The number of hydrogen-bond donors (Lipinski definition) is 1. The lowest BCUT2D eigenvalue weighted by molar-refractivity contribution is 0.536. The van der Waals surface area contributed by atoms with E-state index in [0.29, 0.717) is 5.02 Å². The smallest absolute Gasteiger partial charge is 0.0944 e. The first-order valence-electron chi connectivity index (χ1n) is 5.53. The van der Waals surface area contributed by atoms with Crippen LogP contribution in [0.1, 0.15) is 23.7 Å². The minimum absolute atomic E-state index is 0.125. The minimum atomic E-state index is 0.125. The van der Waals surface area contributed by atoms with E-state index in [1.54, 1.807) is 17.5 Å². The second-order valence-corrected chi connectivity index (χ2v) is 5.00. The summed E-state index contributed by atoms with van der Waals surface area (Å²) < 4.78 is 0. The van der Waals surface area contributed by atoms with Gasteiger partial charge in [0.15, 0.2) is 0 Å². The predicted octanol–water partition coefficient (Wildman–Crippen LogP) is 3.08. The monoisotopic (exact) mass is 267 g/mol. The predicted molar refractivity (Wildman–Crippen MR) is 71.5 cm³/mol. The number of nitrogens with zero attached hydrogens (tertiary/aromatic N) is 2. The molecule has 0 bridgehead atoms. The zero-order valence-corrected chi connectivity index (χ0v) is 11.1. The van der Waals surface area contributed by atoms with Crippen LogP contribution in [0, 0.1) is 0 Å². The molecule has 0 aliphatic carbocycles. The number of hydrogen-bond acceptors (Lipinski definition) is 4. The van der Waals surface area contributed by atoms with Gasteiger partial charge in [0.1, 0.15) is 0 Å². The summed E-state index contributed by atoms with van der Waals surface area (Å²) in [5, 5.41) is 7.18. The summed E-state index contributed by atoms with van der Waals surface area (Å²) in [5.74, 6) is 0. The van der Waals surface area contributed by atoms with Gasteiger partial charge in [-0.25, -0.2) is 4.98 Å². The topological polar surface area (TPSA) is 37.8 Å². The molecule has 1 unspecified atom stereocenters. The lowest BCUT2D eigenvalue weighted by Gasteiger charge is -2.17. The standard InChI is InChI=1S/C12H14ClN3S/c1-2-14-10(8-11-15-6-7-17-11)12-9(13)4-3-5-16-12/h3-7,10,14H,2,8H2,1H3. The van der Waals surface area contributed by atoms with Gasteiger partial charge in [0, 0.05) is 24.2 Å². The van der Waals surface area contributed by atoms with E-state index >= 15 is 0 Å². The number of pyridine rings is 1. The minimum Gasteiger partial charge on any atom is -0.309 e. The molecule has 90 valence electrons. The van der Waals surface area contributed by atoms with E-state index in [4.69, 9.17) is 11.6 Å². The first-order valence-corrected chi connectivity index (χ1v) is 6.79. The highest BCUT2D eigenvalue weighted by Gasteiger charge is 2.16. The maximum absolute atomic E-state index is 6.18. The molecule has 0 aliphatic heterocycles. The molecular formula is C12H14ClN3S. The van der Waals surface area contributed by atoms with Gasteiger partial charge in [-0.1, -0.05) is 18.5 Å². The normalized spacial score (nSPS) is 12.6. The third-order valence-corrected chi connectivity index (χ3v) is 3.55. The second-order valence-electron chi connectivity index (χ2n) is 3.61. The van der Waals surface area contributed by atoms with Crippen molar-refractivity contribution in [3.05, 3.63) is 45.6 Å². The number of nitrogens with one attached hydrogen (secondary N) is 1. The summed E-state index contributed by atoms with van der Waals surface area (Å²) >= 11 is 7.83. The first kappa shape index (κ1) is 12.5. The molecule has 0 saturated carbocycles. The van der Waals surface area contributed by atoms with Crippen LogP contribution in [-0.2, 0) is 6.42 Å². The molecule has 2 aromatic heterocycles. The summed E-state index contributed by atoms with van der Waals surface area (Å²) in [4.78, 5) is 8.66. The van der Waals surface area contributed by atoms with Crippen molar-refractivity contribution in [3.8, 4) is 0 Å². The fourth-order valence-electron chi connectivity index (χ4n) is 1.69. The summed E-state index contributed by atoms with van der Waals surface area (Å²) in [6, 6.07) is 3.84. The number of halogens is 1. The van der Waals surface area contributed by atoms with E-state index in [0.717, 1.165) is 23.7 Å². The van der Waals surface area contributed by atoms with E-state index in [9.17, 15) is 0 Å². The van der Waals surface area contributed by atoms with E-state index < -0.39 is 0 Å². The van der Waals surface area contributed by atoms with Gasteiger partial charge in [-0.05, 0) is 18.7 Å². The Morgan fingerprint density at radius 1 is 1.41 bits per heavy atom. The molecule has 17 heavy (non-hydrogen) atoms. The highest BCUT2D eigenvalue weighted by Crippen LogP contribution is 2.24. The Morgan fingerprint density at radius 2 is 2.29 bits per heavy atom. The third-order valence-electron chi connectivity index (χ3n) is 2.43. The molecular weight excluding hydrogens is 254 g/mol. The average Bonchev–Trinajstić information content (AvgIpc) is 2.82. The van der Waals surface area contributed by atoms with Crippen LogP contribution in [0.4, 0.5) is 0 Å². The van der Waals surface area contributed by atoms with Gasteiger partial charge in [-0.3, -0.25) is 4.98 Å². The fourth-order valence-corrected chi connectivity index (χ4v) is 2.61. The quantitative estimate of drug-likeness (QED) is 0.905. The zero-order chi connectivity index (χ0) is 12.1. The van der Waals surface area contributed by atoms with Crippen LogP contribution in [0.25, 0.3) is 0 Å². The largest absolute Gasteiger partial charge is 0.309 e. The van der Waals surface area contributed by atoms with Gasteiger partial charge in [0.2, 0.25) is 0 Å². The number of rotatable bonds is 5. The van der Waals surface area contributed by atoms with E-state index in [1.165, 1.54) is 0 Å². The molecule has 1 atom stereocenters. The molecule has 2 aromatic rings. The Balaban J connectivity index is 2.20. The van der Waals surface area contributed by atoms with E-state index in [2.05, 4.69) is 22.2 Å². The second kappa shape index (κ2) is 6.10. The van der Waals surface area contributed by atoms with Crippen molar-refractivity contribution in [3.63, 3.8) is 0 Å². The summed E-state index contributed by atoms with van der Waals surface area (Å²) in [5.41, 5.74) is 0.895. The summed E-state index contributed by atoms with van der Waals surface area (Å²) in [6.07, 6.45) is 4.42. The Labute approximate surface area is 110 Å². The summed E-state index contributed by atoms with van der Waals surface area (Å²) in [7, 11) is 0. The summed E-state index contributed by atoms with van der Waals surface area (Å²) in [6.45, 7) is 2.95. The lowest BCUT2D eigenvalue weighted by Crippen LogP contribution is -2.24. The van der Waals surface area contributed by atoms with Crippen LogP contribution < -0.4 is 5.32 Å². The Kier molecular flexibility index (Phi) is 4.48. The molecule has 5 heteroatoms. The third kappa shape index (κ3) is 3.25. The zero-order valence-electron chi connectivity index (χ0n) is 9.56. The Bertz CT molecular complexity index is 459. The van der Waals surface area contributed by atoms with Crippen molar-refractivity contribution < 1.29 is 0 Å². The first-order chi connectivity index (χ1) is 8.31. The van der Waals surface area contributed by atoms with Gasteiger partial charge in [0.05, 0.1) is 21.8 Å². The van der Waals surface area contributed by atoms with Gasteiger partial charge in [0.25, 0.3) is 0 Å². The maximum Gasteiger partial charge on any atom is 0.0944 e. The molecule has 0 amide bonds. The van der Waals surface area contributed by atoms with Crippen LogP contribution in [0.15, 0.2) is 29.9 Å². The number of aromatic nitrogens is 2. The highest BCUT2D eigenvalue weighted by molar-refractivity contribution is 7.09. The molecule has 1 N–H and O–H groups in total. The molecule has 2 rings (SSSR count). The van der Waals surface area contributed by atoms with Crippen molar-refractivity contribution in [2.45, 2.75) is 19.4 Å². The molecule has 0 radical (unpaired) electrons.